The molecule has 0 aromatic heterocycles. The SMILES string of the molecule is [W]=[C](/C(=C(/c1ccccc1)C1(c2ccccc2)C(c2ccccc2)=C(c2ccccc2)C(c2ccccc2)=C1c1ccccc1)c1ccccc1)c1ccccc1. The molecule has 1 aliphatic carbocycles. The van der Waals surface area contributed by atoms with Gasteiger partial charge < -0.3 is 0 Å². The first kappa shape index (κ1) is 36.2. The number of hydrogen-bond donors (Lipinski definition) is 0. The monoisotopic (exact) mass is 896 g/mol. The van der Waals surface area contributed by atoms with Crippen LogP contribution in [0, 0.1) is 0 Å². The molecule has 1 heteroatoms. The fourth-order valence-electron chi connectivity index (χ4n) is 8.72. The van der Waals surface area contributed by atoms with Crippen molar-refractivity contribution >= 4 is 37.3 Å². The maximum atomic E-state index is 2.36. The third-order valence-corrected chi connectivity index (χ3v) is 12.5. The second-order valence-corrected chi connectivity index (χ2v) is 15.7. The molecule has 0 saturated heterocycles. The topological polar surface area (TPSA) is 0 Å². The van der Waals surface area contributed by atoms with E-state index >= 15 is 0 Å². The quantitative estimate of drug-likeness (QED) is 0.120. The van der Waals surface area contributed by atoms with Gasteiger partial charge in [-0.25, -0.2) is 0 Å². The Balaban J connectivity index is 1.63. The average Bonchev–Trinajstić information content (AvgIpc) is 3.62. The van der Waals surface area contributed by atoms with Crippen LogP contribution in [-0.4, -0.2) is 3.90 Å². The molecule has 0 fully saturated rings. The normalized spacial score (nSPS) is 14.0. The average molecular weight is 897 g/mol. The van der Waals surface area contributed by atoms with E-state index in [4.69, 9.17) is 0 Å². The summed E-state index contributed by atoms with van der Waals surface area (Å²) in [4.78, 5) is 0. The standard InChI is InChI=1S/C56H40.W/c1-9-25-42(26-10-1)41-50(43-27-11-2-12-28-43)53(46-33-17-5-18-34-46)56(49-39-23-8-24-40-49)54(47-35-19-6-20-36-47)51(44-29-13-3-14-30-44)52(45-31-15-4-16-32-45)55(56)48-37-21-7-22-38-48;/h1-40H;/b53-50+;. The Morgan fingerprint density at radius 2 is 0.596 bits per heavy atom. The Morgan fingerprint density at radius 1 is 0.298 bits per heavy atom. The molecule has 1 aliphatic rings. The van der Waals surface area contributed by atoms with Crippen molar-refractivity contribution in [1.29, 1.82) is 0 Å². The molecule has 57 heavy (non-hydrogen) atoms. The summed E-state index contributed by atoms with van der Waals surface area (Å²) in [6.07, 6.45) is 0. The minimum atomic E-state index is -0.831. The van der Waals surface area contributed by atoms with Gasteiger partial charge in [-0.2, -0.15) is 0 Å². The third kappa shape index (κ3) is 6.67. The molecular weight excluding hydrogens is 856 g/mol. The molecule has 0 unspecified atom stereocenters. The van der Waals surface area contributed by atoms with Crippen LogP contribution in [0.4, 0.5) is 0 Å². The molecule has 0 heterocycles. The van der Waals surface area contributed by atoms with Crippen molar-refractivity contribution in [2.45, 2.75) is 5.41 Å². The number of allylic oxidation sites excluding steroid dienone is 6. The van der Waals surface area contributed by atoms with Gasteiger partial charge in [0.15, 0.2) is 0 Å². The summed E-state index contributed by atoms with van der Waals surface area (Å²) >= 11 is 1.41. The molecule has 0 radical (unpaired) electrons. The zero-order valence-corrected chi connectivity index (χ0v) is 34.4. The van der Waals surface area contributed by atoms with Crippen LogP contribution < -0.4 is 0 Å². The summed E-state index contributed by atoms with van der Waals surface area (Å²) in [5.41, 5.74) is 16.2. The number of hydrogen-bond acceptors (Lipinski definition) is 0. The minimum absolute atomic E-state index is 0.831. The van der Waals surface area contributed by atoms with Gasteiger partial charge in [-0.1, -0.05) is 0 Å². The van der Waals surface area contributed by atoms with Crippen molar-refractivity contribution in [3.8, 4) is 0 Å². The van der Waals surface area contributed by atoms with E-state index in [-0.39, 0.29) is 0 Å². The Bertz CT molecular complexity index is 2620. The summed E-state index contributed by atoms with van der Waals surface area (Å²) in [5.74, 6) is 0. The Kier molecular flexibility index (Phi) is 10.4. The second-order valence-electron chi connectivity index (χ2n) is 14.3. The first-order chi connectivity index (χ1) is 28.3. The molecule has 0 amide bonds. The maximum absolute atomic E-state index is 2.36. The van der Waals surface area contributed by atoms with E-state index in [0.717, 1.165) is 0 Å². The molecule has 8 aromatic rings. The molecule has 0 N–H and O–H groups in total. The Morgan fingerprint density at radius 3 is 0.982 bits per heavy atom. The molecule has 0 saturated carbocycles. The van der Waals surface area contributed by atoms with Gasteiger partial charge in [-0.15, -0.1) is 0 Å². The van der Waals surface area contributed by atoms with Crippen molar-refractivity contribution < 1.29 is 19.4 Å². The van der Waals surface area contributed by atoms with Crippen molar-refractivity contribution in [1.82, 2.24) is 0 Å². The van der Waals surface area contributed by atoms with Crippen LogP contribution in [0.3, 0.4) is 0 Å². The van der Waals surface area contributed by atoms with Crippen LogP contribution in [0.15, 0.2) is 243 Å². The van der Waals surface area contributed by atoms with E-state index in [0.29, 0.717) is 0 Å². The summed E-state index contributed by atoms with van der Waals surface area (Å²) in [6.45, 7) is 0. The van der Waals surface area contributed by atoms with E-state index in [9.17, 15) is 0 Å². The van der Waals surface area contributed by atoms with Crippen LogP contribution >= 0.6 is 0 Å². The van der Waals surface area contributed by atoms with E-state index < -0.39 is 5.41 Å². The van der Waals surface area contributed by atoms with Gasteiger partial charge in [-0.05, 0) is 0 Å². The molecule has 270 valence electrons. The van der Waals surface area contributed by atoms with Gasteiger partial charge in [0.1, 0.15) is 0 Å². The first-order valence-electron chi connectivity index (χ1n) is 19.5. The van der Waals surface area contributed by atoms with Gasteiger partial charge in [0.25, 0.3) is 0 Å². The molecule has 8 aromatic carbocycles. The van der Waals surface area contributed by atoms with Gasteiger partial charge >= 0.3 is 349 Å². The van der Waals surface area contributed by atoms with Crippen LogP contribution in [-0.2, 0) is 24.8 Å². The van der Waals surface area contributed by atoms with E-state index in [1.54, 1.807) is 0 Å². The number of benzene rings is 8. The van der Waals surface area contributed by atoms with Gasteiger partial charge in [0.05, 0.1) is 0 Å². The van der Waals surface area contributed by atoms with Gasteiger partial charge in [0.2, 0.25) is 0 Å². The van der Waals surface area contributed by atoms with Crippen LogP contribution in [0.2, 0.25) is 0 Å². The van der Waals surface area contributed by atoms with Crippen LogP contribution in [0.1, 0.15) is 44.5 Å². The molecule has 0 atom stereocenters. The van der Waals surface area contributed by atoms with Crippen molar-refractivity contribution in [2.24, 2.45) is 0 Å². The molecule has 9 rings (SSSR count). The second kappa shape index (κ2) is 16.3. The first-order valence-corrected chi connectivity index (χ1v) is 21.0. The fourth-order valence-corrected chi connectivity index (χ4v) is 10.00. The fraction of sp³-hybridized carbons (Fsp3) is 0.0179. The van der Waals surface area contributed by atoms with Crippen LogP contribution in [0.25, 0.3) is 33.4 Å². The Labute approximate surface area is 347 Å². The van der Waals surface area contributed by atoms with Gasteiger partial charge in [0, 0.05) is 0 Å². The van der Waals surface area contributed by atoms with Crippen LogP contribution in [0.5, 0.6) is 0 Å². The summed E-state index contributed by atoms with van der Waals surface area (Å²) in [7, 11) is 0. The summed E-state index contributed by atoms with van der Waals surface area (Å²) in [6, 6.07) is 89.0. The molecule has 0 spiro atoms. The van der Waals surface area contributed by atoms with E-state index in [2.05, 4.69) is 243 Å². The molecule has 0 bridgehead atoms. The predicted octanol–water partition coefficient (Wildman–Crippen LogP) is 13.5. The predicted molar refractivity (Wildman–Crippen MR) is 238 cm³/mol. The van der Waals surface area contributed by atoms with E-state index in [1.807, 2.05) is 0 Å². The zero-order chi connectivity index (χ0) is 38.4. The van der Waals surface area contributed by atoms with Crippen molar-refractivity contribution in [3.63, 3.8) is 0 Å². The van der Waals surface area contributed by atoms with Crippen molar-refractivity contribution in [2.75, 3.05) is 0 Å². The zero-order valence-electron chi connectivity index (χ0n) is 31.5. The van der Waals surface area contributed by atoms with Gasteiger partial charge in [-0.3, -0.25) is 0 Å². The molecule has 0 aliphatic heterocycles. The number of rotatable bonds is 10. The molecule has 0 nitrogen and oxygen atoms in total. The van der Waals surface area contributed by atoms with Crippen molar-refractivity contribution in [3.05, 3.63) is 287 Å². The summed E-state index contributed by atoms with van der Waals surface area (Å²) < 4.78 is 1.30. The molecular formula is C56H40W. The summed E-state index contributed by atoms with van der Waals surface area (Å²) in [5, 5.41) is 0. The third-order valence-electron chi connectivity index (χ3n) is 11.0. The van der Waals surface area contributed by atoms with E-state index in [1.165, 1.54) is 101 Å². The Hall–Kier alpha value is -6.46.